The number of rotatable bonds is 0. The summed E-state index contributed by atoms with van der Waals surface area (Å²) in [5.74, 6) is 0. The van der Waals surface area contributed by atoms with Gasteiger partial charge in [-0.3, -0.25) is 4.98 Å². The lowest BCUT2D eigenvalue weighted by molar-refractivity contribution is 0.901. The van der Waals surface area contributed by atoms with Gasteiger partial charge in [0.25, 0.3) is 0 Å². The van der Waals surface area contributed by atoms with Crippen molar-refractivity contribution >= 4 is 38.4 Å². The van der Waals surface area contributed by atoms with Gasteiger partial charge in [0, 0.05) is 15.6 Å². The van der Waals surface area contributed by atoms with Gasteiger partial charge in [-0.15, -0.1) is 0 Å². The molecule has 82 valence electrons. The largest absolute Gasteiger partial charge is 0.251 e. The molecule has 0 saturated carbocycles. The number of aromatic nitrogens is 1. The number of halogens is 2. The molecule has 1 aromatic carbocycles. The minimum atomic E-state index is 0.901. The van der Waals surface area contributed by atoms with Gasteiger partial charge >= 0.3 is 0 Å². The molecule has 3 heteroatoms. The molecule has 2 aromatic rings. The molecule has 0 atom stereocenters. The number of hydrogen-bond acceptors (Lipinski definition) is 1. The van der Waals surface area contributed by atoms with Crippen molar-refractivity contribution in [3.8, 4) is 0 Å². The van der Waals surface area contributed by atoms with Crippen LogP contribution in [0.25, 0.3) is 10.9 Å². The van der Waals surface area contributed by atoms with Crippen molar-refractivity contribution < 1.29 is 0 Å². The quantitative estimate of drug-likeness (QED) is 0.700. The van der Waals surface area contributed by atoms with Crippen LogP contribution in [0.3, 0.4) is 0 Å². The third kappa shape index (κ3) is 1.40. The summed E-state index contributed by atoms with van der Waals surface area (Å²) in [5.41, 5.74) is 4.65. The third-order valence-electron chi connectivity index (χ3n) is 3.25. The summed E-state index contributed by atoms with van der Waals surface area (Å²) in [4.78, 5) is 4.75. The van der Waals surface area contributed by atoms with Gasteiger partial charge in [0.2, 0.25) is 0 Å². The maximum absolute atomic E-state index is 6.45. The monoisotopic (exact) mass is 295 g/mol. The summed E-state index contributed by atoms with van der Waals surface area (Å²) < 4.78 is 1.07. The summed E-state index contributed by atoms with van der Waals surface area (Å²) in [5, 5.41) is 1.97. The van der Waals surface area contributed by atoms with Crippen LogP contribution in [0.2, 0.25) is 5.02 Å². The van der Waals surface area contributed by atoms with Crippen molar-refractivity contribution in [2.75, 3.05) is 0 Å². The van der Waals surface area contributed by atoms with E-state index in [0.29, 0.717) is 0 Å². The second kappa shape index (κ2) is 3.71. The van der Waals surface area contributed by atoms with Crippen molar-refractivity contribution in [2.24, 2.45) is 0 Å². The Balaban J connectivity index is 2.46. The molecule has 0 N–H and O–H groups in total. The SMILES string of the molecule is Cc1ccc2c(Cl)c3c(nc2c1Br)CCC3. The topological polar surface area (TPSA) is 12.9 Å². The summed E-state index contributed by atoms with van der Waals surface area (Å²) in [6.07, 6.45) is 3.31. The second-order valence-corrected chi connectivity index (χ2v) is 5.47. The van der Waals surface area contributed by atoms with Crippen LogP contribution in [0.4, 0.5) is 0 Å². The summed E-state index contributed by atoms with van der Waals surface area (Å²) in [6, 6.07) is 4.16. The van der Waals surface area contributed by atoms with Crippen LogP contribution < -0.4 is 0 Å². The van der Waals surface area contributed by atoms with E-state index in [0.717, 1.165) is 33.2 Å². The van der Waals surface area contributed by atoms with Gasteiger partial charge in [-0.05, 0) is 53.2 Å². The lowest BCUT2D eigenvalue weighted by atomic mass is 10.1. The standard InChI is InChI=1S/C13H11BrClN/c1-7-5-6-9-12(15)8-3-2-4-10(8)16-13(9)11(7)14/h5-6H,2-4H2,1H3. The number of benzene rings is 1. The van der Waals surface area contributed by atoms with Gasteiger partial charge in [0.05, 0.1) is 10.5 Å². The first-order valence-corrected chi connectivity index (χ1v) is 6.61. The Labute approximate surface area is 108 Å². The molecular weight excluding hydrogens is 286 g/mol. The molecular formula is C13H11BrClN. The fourth-order valence-corrected chi connectivity index (χ4v) is 3.13. The highest BCUT2D eigenvalue weighted by molar-refractivity contribution is 9.10. The van der Waals surface area contributed by atoms with Gasteiger partial charge in [0.15, 0.2) is 0 Å². The van der Waals surface area contributed by atoms with Gasteiger partial charge in [0.1, 0.15) is 0 Å². The molecule has 0 bridgehead atoms. The van der Waals surface area contributed by atoms with Crippen molar-refractivity contribution in [1.82, 2.24) is 4.98 Å². The highest BCUT2D eigenvalue weighted by Gasteiger charge is 2.19. The Hall–Kier alpha value is -0.600. The molecule has 16 heavy (non-hydrogen) atoms. The lowest BCUT2D eigenvalue weighted by Gasteiger charge is -2.09. The average Bonchev–Trinajstić information content (AvgIpc) is 2.73. The maximum Gasteiger partial charge on any atom is 0.0865 e. The Morgan fingerprint density at radius 2 is 2.12 bits per heavy atom. The molecule has 0 saturated heterocycles. The summed E-state index contributed by atoms with van der Waals surface area (Å²) in [7, 11) is 0. The van der Waals surface area contributed by atoms with Crippen LogP contribution in [0, 0.1) is 6.92 Å². The van der Waals surface area contributed by atoms with Crippen LogP contribution in [0.15, 0.2) is 16.6 Å². The van der Waals surface area contributed by atoms with E-state index in [1.165, 1.54) is 23.2 Å². The van der Waals surface area contributed by atoms with Crippen LogP contribution in [0.5, 0.6) is 0 Å². The van der Waals surface area contributed by atoms with Crippen molar-refractivity contribution in [2.45, 2.75) is 26.2 Å². The predicted molar refractivity (Wildman–Crippen MR) is 71.2 cm³/mol. The number of nitrogens with zero attached hydrogens (tertiary/aromatic N) is 1. The van der Waals surface area contributed by atoms with Crippen LogP contribution in [0.1, 0.15) is 23.2 Å². The first kappa shape index (κ1) is 10.5. The van der Waals surface area contributed by atoms with E-state index >= 15 is 0 Å². The minimum Gasteiger partial charge on any atom is -0.251 e. The van der Waals surface area contributed by atoms with Gasteiger partial charge in [-0.1, -0.05) is 23.7 Å². The van der Waals surface area contributed by atoms with Crippen LogP contribution in [-0.4, -0.2) is 4.98 Å². The fourth-order valence-electron chi connectivity index (χ4n) is 2.34. The molecule has 0 unspecified atom stereocenters. The maximum atomic E-state index is 6.45. The zero-order valence-electron chi connectivity index (χ0n) is 8.98. The lowest BCUT2D eigenvalue weighted by Crippen LogP contribution is -1.93. The zero-order valence-corrected chi connectivity index (χ0v) is 11.3. The molecule has 1 heterocycles. The zero-order chi connectivity index (χ0) is 11.3. The Morgan fingerprint density at radius 1 is 1.31 bits per heavy atom. The number of hydrogen-bond donors (Lipinski definition) is 0. The number of pyridine rings is 1. The van der Waals surface area contributed by atoms with E-state index in [1.54, 1.807) is 0 Å². The molecule has 0 aliphatic heterocycles. The van der Waals surface area contributed by atoms with E-state index in [1.807, 2.05) is 0 Å². The van der Waals surface area contributed by atoms with Gasteiger partial charge < -0.3 is 0 Å². The molecule has 1 aliphatic carbocycles. The molecule has 0 fully saturated rings. The molecule has 1 aromatic heterocycles. The van der Waals surface area contributed by atoms with Crippen LogP contribution >= 0.6 is 27.5 Å². The fraction of sp³-hybridized carbons (Fsp3) is 0.308. The summed E-state index contributed by atoms with van der Waals surface area (Å²) >= 11 is 10.1. The van der Waals surface area contributed by atoms with Gasteiger partial charge in [-0.25, -0.2) is 0 Å². The van der Waals surface area contributed by atoms with E-state index in [4.69, 9.17) is 16.6 Å². The van der Waals surface area contributed by atoms with Crippen molar-refractivity contribution in [1.29, 1.82) is 0 Å². The summed E-state index contributed by atoms with van der Waals surface area (Å²) in [6.45, 7) is 2.08. The third-order valence-corrected chi connectivity index (χ3v) is 4.68. The Morgan fingerprint density at radius 3 is 2.94 bits per heavy atom. The van der Waals surface area contributed by atoms with E-state index in [-0.39, 0.29) is 0 Å². The Bertz CT molecular complexity index is 592. The number of aryl methyl sites for hydroxylation is 2. The number of fused-ring (bicyclic) bond motifs is 2. The average molecular weight is 297 g/mol. The molecule has 3 rings (SSSR count). The Kier molecular flexibility index (Phi) is 2.45. The van der Waals surface area contributed by atoms with Crippen molar-refractivity contribution in [3.63, 3.8) is 0 Å². The normalized spacial score (nSPS) is 14.4. The highest BCUT2D eigenvalue weighted by Crippen LogP contribution is 2.36. The smallest absolute Gasteiger partial charge is 0.0865 e. The molecule has 0 amide bonds. The first-order chi connectivity index (χ1) is 7.68. The molecule has 0 radical (unpaired) electrons. The van der Waals surface area contributed by atoms with Crippen molar-refractivity contribution in [3.05, 3.63) is 38.4 Å². The highest BCUT2D eigenvalue weighted by atomic mass is 79.9. The molecule has 1 aliphatic rings. The van der Waals surface area contributed by atoms with E-state index in [9.17, 15) is 0 Å². The minimum absolute atomic E-state index is 0.901. The van der Waals surface area contributed by atoms with Gasteiger partial charge in [-0.2, -0.15) is 0 Å². The van der Waals surface area contributed by atoms with E-state index < -0.39 is 0 Å². The van der Waals surface area contributed by atoms with Crippen LogP contribution in [-0.2, 0) is 12.8 Å². The molecule has 0 spiro atoms. The predicted octanol–water partition coefficient (Wildman–Crippen LogP) is 4.45. The van der Waals surface area contributed by atoms with E-state index in [2.05, 4.69) is 35.0 Å². The second-order valence-electron chi connectivity index (χ2n) is 4.30. The molecule has 1 nitrogen and oxygen atoms in total. The first-order valence-electron chi connectivity index (χ1n) is 5.44.